The zero-order valence-electron chi connectivity index (χ0n) is 11.0. The number of ether oxygens (including phenoxy) is 1. The van der Waals surface area contributed by atoms with E-state index in [2.05, 4.69) is 5.32 Å². The standard InChI is InChI=1S/C15H15ClFNO2/c1-20-9-10(8-16)18-15(19)13-6-7-14(17)12-5-3-2-4-11(12)13/h2-7,10H,8-9H2,1H3,(H,18,19). The number of halogens is 2. The van der Waals surface area contributed by atoms with E-state index in [1.165, 1.54) is 12.1 Å². The van der Waals surface area contributed by atoms with Crippen LogP contribution in [-0.4, -0.2) is 31.5 Å². The molecule has 1 N–H and O–H groups in total. The average molecular weight is 296 g/mol. The van der Waals surface area contributed by atoms with Gasteiger partial charge in [-0.1, -0.05) is 24.3 Å². The van der Waals surface area contributed by atoms with Crippen LogP contribution < -0.4 is 5.32 Å². The molecule has 1 amide bonds. The number of hydrogen-bond donors (Lipinski definition) is 1. The molecule has 0 saturated heterocycles. The molecule has 0 aliphatic carbocycles. The van der Waals surface area contributed by atoms with E-state index in [-0.39, 0.29) is 23.6 Å². The van der Waals surface area contributed by atoms with Crippen molar-refractivity contribution in [3.8, 4) is 0 Å². The molecule has 0 aliphatic rings. The predicted molar refractivity (Wildman–Crippen MR) is 77.8 cm³/mol. The molecule has 3 nitrogen and oxygen atoms in total. The number of fused-ring (bicyclic) bond motifs is 1. The average Bonchev–Trinajstić information content (AvgIpc) is 2.47. The molecule has 2 aromatic carbocycles. The largest absolute Gasteiger partial charge is 0.383 e. The van der Waals surface area contributed by atoms with Crippen LogP contribution in [0.1, 0.15) is 10.4 Å². The molecule has 1 atom stereocenters. The number of hydrogen-bond acceptors (Lipinski definition) is 2. The lowest BCUT2D eigenvalue weighted by Crippen LogP contribution is -2.39. The van der Waals surface area contributed by atoms with Gasteiger partial charge in [-0.15, -0.1) is 11.6 Å². The summed E-state index contributed by atoms with van der Waals surface area (Å²) in [4.78, 5) is 12.3. The first-order chi connectivity index (χ1) is 9.67. The van der Waals surface area contributed by atoms with Gasteiger partial charge < -0.3 is 10.1 Å². The number of carbonyl (C=O) groups is 1. The Morgan fingerprint density at radius 3 is 2.65 bits per heavy atom. The Labute approximate surface area is 121 Å². The van der Waals surface area contributed by atoms with Gasteiger partial charge in [0.25, 0.3) is 5.91 Å². The number of rotatable bonds is 5. The summed E-state index contributed by atoms with van der Waals surface area (Å²) in [5.74, 6) is -0.384. The molecule has 1 unspecified atom stereocenters. The van der Waals surface area contributed by atoms with E-state index in [0.29, 0.717) is 22.9 Å². The fraction of sp³-hybridized carbons (Fsp3) is 0.267. The van der Waals surface area contributed by atoms with Gasteiger partial charge in [0.1, 0.15) is 5.82 Å². The Balaban J connectivity index is 2.33. The van der Waals surface area contributed by atoms with E-state index in [1.807, 2.05) is 0 Å². The van der Waals surface area contributed by atoms with Crippen LogP contribution in [0.3, 0.4) is 0 Å². The summed E-state index contributed by atoms with van der Waals surface area (Å²) in [6, 6.07) is 9.37. The SMILES string of the molecule is COCC(CCl)NC(=O)c1ccc(F)c2ccccc12. The van der Waals surface area contributed by atoms with E-state index < -0.39 is 0 Å². The summed E-state index contributed by atoms with van der Waals surface area (Å²) < 4.78 is 18.7. The number of alkyl halides is 1. The second-order valence-electron chi connectivity index (χ2n) is 4.42. The molecule has 2 rings (SSSR count). The number of carbonyl (C=O) groups excluding carboxylic acids is 1. The van der Waals surface area contributed by atoms with Crippen LogP contribution in [0.4, 0.5) is 4.39 Å². The zero-order chi connectivity index (χ0) is 14.5. The highest BCUT2D eigenvalue weighted by Crippen LogP contribution is 2.21. The lowest BCUT2D eigenvalue weighted by molar-refractivity contribution is 0.0908. The van der Waals surface area contributed by atoms with Crippen molar-refractivity contribution in [1.82, 2.24) is 5.32 Å². The zero-order valence-corrected chi connectivity index (χ0v) is 11.8. The Morgan fingerprint density at radius 1 is 1.30 bits per heavy atom. The first-order valence-corrected chi connectivity index (χ1v) is 6.74. The highest BCUT2D eigenvalue weighted by molar-refractivity contribution is 6.18. The number of nitrogens with one attached hydrogen (secondary N) is 1. The Hall–Kier alpha value is -1.65. The first-order valence-electron chi connectivity index (χ1n) is 6.20. The van der Waals surface area contributed by atoms with Gasteiger partial charge in [-0.05, 0) is 17.5 Å². The Morgan fingerprint density at radius 2 is 2.00 bits per heavy atom. The van der Waals surface area contributed by atoms with E-state index in [1.54, 1.807) is 31.4 Å². The Kier molecular flexibility index (Phi) is 4.93. The van der Waals surface area contributed by atoms with Crippen molar-refractivity contribution in [3.63, 3.8) is 0 Å². The first kappa shape index (κ1) is 14.8. The highest BCUT2D eigenvalue weighted by Gasteiger charge is 2.16. The van der Waals surface area contributed by atoms with Gasteiger partial charge >= 0.3 is 0 Å². The van der Waals surface area contributed by atoms with Crippen molar-refractivity contribution < 1.29 is 13.9 Å². The van der Waals surface area contributed by atoms with Crippen molar-refractivity contribution >= 4 is 28.3 Å². The van der Waals surface area contributed by atoms with Gasteiger partial charge in [0, 0.05) is 23.9 Å². The third-order valence-electron chi connectivity index (χ3n) is 3.00. The van der Waals surface area contributed by atoms with E-state index in [4.69, 9.17) is 16.3 Å². The molecule has 0 saturated carbocycles. The van der Waals surface area contributed by atoms with Crippen LogP contribution in [0.2, 0.25) is 0 Å². The third kappa shape index (κ3) is 3.08. The molecule has 106 valence electrons. The second kappa shape index (κ2) is 6.68. The highest BCUT2D eigenvalue weighted by atomic mass is 35.5. The van der Waals surface area contributed by atoms with Crippen LogP contribution in [0.15, 0.2) is 36.4 Å². The third-order valence-corrected chi connectivity index (χ3v) is 3.38. The predicted octanol–water partition coefficient (Wildman–Crippen LogP) is 2.96. The lowest BCUT2D eigenvalue weighted by atomic mass is 10.0. The molecule has 0 aromatic heterocycles. The van der Waals surface area contributed by atoms with E-state index >= 15 is 0 Å². The summed E-state index contributed by atoms with van der Waals surface area (Å²) in [6.07, 6.45) is 0. The molecule has 0 spiro atoms. The minimum atomic E-state index is -0.345. The molecule has 2 aromatic rings. The Bertz CT molecular complexity index is 618. The van der Waals surface area contributed by atoms with Crippen LogP contribution in [-0.2, 0) is 4.74 Å². The van der Waals surface area contributed by atoms with Gasteiger partial charge in [0.2, 0.25) is 0 Å². The normalized spacial score (nSPS) is 12.3. The van der Waals surface area contributed by atoms with Crippen molar-refractivity contribution in [2.24, 2.45) is 0 Å². The molecule has 20 heavy (non-hydrogen) atoms. The van der Waals surface area contributed by atoms with Gasteiger partial charge in [0.15, 0.2) is 0 Å². The minimum absolute atomic E-state index is 0.249. The van der Waals surface area contributed by atoms with Crippen molar-refractivity contribution in [3.05, 3.63) is 47.8 Å². The van der Waals surface area contributed by atoms with E-state index in [0.717, 1.165) is 0 Å². The molecular weight excluding hydrogens is 281 g/mol. The lowest BCUT2D eigenvalue weighted by Gasteiger charge is -2.16. The summed E-state index contributed by atoms with van der Waals surface area (Å²) in [5, 5.41) is 3.78. The summed E-state index contributed by atoms with van der Waals surface area (Å²) in [5.41, 5.74) is 0.424. The van der Waals surface area contributed by atoms with Gasteiger partial charge in [-0.3, -0.25) is 4.79 Å². The van der Waals surface area contributed by atoms with E-state index in [9.17, 15) is 9.18 Å². The number of amides is 1. The molecule has 0 aliphatic heterocycles. The van der Waals surface area contributed by atoms with Crippen LogP contribution in [0.5, 0.6) is 0 Å². The minimum Gasteiger partial charge on any atom is -0.383 e. The molecule has 0 bridgehead atoms. The smallest absolute Gasteiger partial charge is 0.252 e. The molecular formula is C15H15ClFNO2. The van der Waals surface area contributed by atoms with Crippen LogP contribution >= 0.6 is 11.6 Å². The van der Waals surface area contributed by atoms with Gasteiger partial charge in [-0.2, -0.15) is 0 Å². The topological polar surface area (TPSA) is 38.3 Å². The maximum absolute atomic E-state index is 13.7. The molecule has 5 heteroatoms. The molecule has 0 heterocycles. The maximum atomic E-state index is 13.7. The fourth-order valence-corrected chi connectivity index (χ4v) is 2.22. The molecule has 0 radical (unpaired) electrons. The number of benzene rings is 2. The summed E-state index contributed by atoms with van der Waals surface area (Å²) in [6.45, 7) is 0.328. The monoisotopic (exact) mass is 295 g/mol. The quantitative estimate of drug-likeness (QED) is 0.861. The number of methoxy groups -OCH3 is 1. The van der Waals surface area contributed by atoms with Crippen molar-refractivity contribution in [1.29, 1.82) is 0 Å². The maximum Gasteiger partial charge on any atom is 0.252 e. The second-order valence-corrected chi connectivity index (χ2v) is 4.73. The molecule has 0 fully saturated rings. The van der Waals surface area contributed by atoms with Crippen LogP contribution in [0.25, 0.3) is 10.8 Å². The van der Waals surface area contributed by atoms with Crippen molar-refractivity contribution in [2.45, 2.75) is 6.04 Å². The summed E-state index contributed by atoms with van der Waals surface area (Å²) in [7, 11) is 1.54. The van der Waals surface area contributed by atoms with Gasteiger partial charge in [0.05, 0.1) is 12.6 Å². The van der Waals surface area contributed by atoms with Gasteiger partial charge in [-0.25, -0.2) is 4.39 Å². The fourth-order valence-electron chi connectivity index (χ4n) is 2.05. The summed E-state index contributed by atoms with van der Waals surface area (Å²) >= 11 is 5.77. The van der Waals surface area contributed by atoms with Crippen molar-refractivity contribution in [2.75, 3.05) is 19.6 Å². The van der Waals surface area contributed by atoms with Crippen LogP contribution in [0, 0.1) is 5.82 Å².